The molecular formula is C92H89N3. The molecule has 11 aromatic rings. The highest BCUT2D eigenvalue weighted by atomic mass is 15.2. The normalized spacial score (nSPS) is 16.7. The molecule has 0 radical (unpaired) electrons. The van der Waals surface area contributed by atoms with Gasteiger partial charge < -0.3 is 14.4 Å². The minimum atomic E-state index is -0.231. The first-order valence-corrected chi connectivity index (χ1v) is 34.1. The van der Waals surface area contributed by atoms with Gasteiger partial charge in [-0.25, -0.2) is 0 Å². The lowest BCUT2D eigenvalue weighted by Gasteiger charge is -2.42. The summed E-state index contributed by atoms with van der Waals surface area (Å²) in [6, 6.07) is 82.1. The number of hydrogen-bond donors (Lipinski definition) is 0. The van der Waals surface area contributed by atoms with Crippen LogP contribution in [-0.2, 0) is 10.8 Å². The van der Waals surface area contributed by atoms with Gasteiger partial charge in [0.15, 0.2) is 0 Å². The number of rotatable bonds is 13. The van der Waals surface area contributed by atoms with Gasteiger partial charge in [-0.15, -0.1) is 0 Å². The maximum absolute atomic E-state index is 4.11. The molecule has 472 valence electrons. The fourth-order valence-corrected chi connectivity index (χ4v) is 14.8. The summed E-state index contributed by atoms with van der Waals surface area (Å²) >= 11 is 0. The molecule has 3 aliphatic rings. The highest BCUT2D eigenvalue weighted by Gasteiger charge is 2.38. The molecule has 0 amide bonds. The number of hydrogen-bond acceptors (Lipinski definition) is 2. The molecule has 0 N–H and O–H groups in total. The summed E-state index contributed by atoms with van der Waals surface area (Å²) in [6.45, 7) is 36.4. The van der Waals surface area contributed by atoms with Gasteiger partial charge in [-0.05, 0) is 227 Å². The quantitative estimate of drug-likeness (QED) is 0.114. The van der Waals surface area contributed by atoms with Crippen molar-refractivity contribution < 1.29 is 0 Å². The first-order valence-electron chi connectivity index (χ1n) is 34.1. The largest absolute Gasteiger partial charge is 0.311 e. The van der Waals surface area contributed by atoms with Gasteiger partial charge in [0.25, 0.3) is 0 Å². The number of fused-ring (bicyclic) bond motifs is 6. The van der Waals surface area contributed by atoms with Crippen molar-refractivity contribution in [2.45, 2.75) is 107 Å². The average molecular weight is 1240 g/mol. The summed E-state index contributed by atoms with van der Waals surface area (Å²) < 4.78 is 2.51. The molecule has 3 aliphatic carbocycles. The zero-order chi connectivity index (χ0) is 66.3. The number of aromatic nitrogens is 1. The second-order valence-corrected chi connectivity index (χ2v) is 30.6. The lowest BCUT2D eigenvalue weighted by Crippen LogP contribution is -2.32. The molecule has 1 aromatic heterocycles. The van der Waals surface area contributed by atoms with Crippen molar-refractivity contribution in [1.29, 1.82) is 0 Å². The van der Waals surface area contributed by atoms with Crippen molar-refractivity contribution >= 4 is 56.7 Å². The predicted molar refractivity (Wildman–Crippen MR) is 410 cm³/mol. The van der Waals surface area contributed by atoms with E-state index in [2.05, 4.69) is 365 Å². The number of nitrogens with zero attached hydrogens (tertiary/aromatic N) is 3. The zero-order valence-corrected chi connectivity index (χ0v) is 57.7. The molecule has 10 aromatic carbocycles. The van der Waals surface area contributed by atoms with E-state index in [1.54, 1.807) is 0 Å². The topological polar surface area (TPSA) is 11.4 Å². The fraction of sp³-hybridized carbons (Fsp3) is 0.217. The highest BCUT2D eigenvalue weighted by molar-refractivity contribution is 6.13. The van der Waals surface area contributed by atoms with Crippen LogP contribution in [0.2, 0.25) is 0 Å². The van der Waals surface area contributed by atoms with Crippen molar-refractivity contribution in [1.82, 2.24) is 4.57 Å². The summed E-state index contributed by atoms with van der Waals surface area (Å²) in [4.78, 5) is 4.84. The van der Waals surface area contributed by atoms with Gasteiger partial charge in [0.05, 0.1) is 11.0 Å². The molecule has 0 saturated carbocycles. The number of benzene rings is 10. The lowest BCUT2D eigenvalue weighted by molar-refractivity contribution is 0.169. The Labute approximate surface area is 565 Å². The highest BCUT2D eigenvalue weighted by Crippen LogP contribution is 2.53. The molecule has 0 saturated heterocycles. The van der Waals surface area contributed by atoms with Crippen LogP contribution >= 0.6 is 0 Å². The maximum Gasteiger partial charge on any atom is 0.0544 e. The second-order valence-electron chi connectivity index (χ2n) is 30.6. The van der Waals surface area contributed by atoms with E-state index in [4.69, 9.17) is 0 Å². The molecule has 95 heavy (non-hydrogen) atoms. The van der Waals surface area contributed by atoms with E-state index >= 15 is 0 Å². The van der Waals surface area contributed by atoms with Crippen molar-refractivity contribution in [2.75, 3.05) is 9.80 Å². The van der Waals surface area contributed by atoms with Crippen LogP contribution in [0.15, 0.2) is 279 Å². The Balaban J connectivity index is 0.838. The van der Waals surface area contributed by atoms with E-state index < -0.39 is 0 Å². The molecule has 0 aliphatic heterocycles. The Hall–Kier alpha value is -9.96. The summed E-state index contributed by atoms with van der Waals surface area (Å²) in [7, 11) is 0. The van der Waals surface area contributed by atoms with E-state index in [1.165, 1.54) is 106 Å². The molecule has 3 heteroatoms. The Kier molecular flexibility index (Phi) is 15.7. The Morgan fingerprint density at radius 2 is 0.916 bits per heavy atom. The first-order chi connectivity index (χ1) is 45.5. The third-order valence-electron chi connectivity index (χ3n) is 21.5. The summed E-state index contributed by atoms with van der Waals surface area (Å²) in [5.41, 5.74) is 28.9. The molecular weight excluding hydrogens is 1150 g/mol. The van der Waals surface area contributed by atoms with Crippen LogP contribution in [-0.4, -0.2) is 4.57 Å². The minimum Gasteiger partial charge on any atom is -0.311 e. The molecule has 0 fully saturated rings. The van der Waals surface area contributed by atoms with Crippen LogP contribution in [0.3, 0.4) is 0 Å². The Bertz CT molecular complexity index is 4920. The van der Waals surface area contributed by atoms with E-state index in [1.807, 2.05) is 12.2 Å². The molecule has 2 atom stereocenters. The number of allylic oxidation sites excluding steroid dienone is 6. The van der Waals surface area contributed by atoms with Crippen LogP contribution < -0.4 is 9.80 Å². The molecule has 3 nitrogen and oxygen atoms in total. The van der Waals surface area contributed by atoms with E-state index in [0.717, 1.165) is 52.4 Å². The van der Waals surface area contributed by atoms with Crippen LogP contribution in [0, 0.1) is 22.2 Å². The van der Waals surface area contributed by atoms with E-state index in [-0.39, 0.29) is 27.1 Å². The molecule has 14 rings (SSSR count). The summed E-state index contributed by atoms with van der Waals surface area (Å²) in [5.74, 6) is 0.472. The van der Waals surface area contributed by atoms with E-state index in [9.17, 15) is 0 Å². The van der Waals surface area contributed by atoms with Crippen LogP contribution in [0.1, 0.15) is 124 Å². The van der Waals surface area contributed by atoms with Crippen LogP contribution in [0.4, 0.5) is 22.7 Å². The third-order valence-corrected chi connectivity index (χ3v) is 21.5. The summed E-state index contributed by atoms with van der Waals surface area (Å²) in [6.07, 6.45) is 20.2. The van der Waals surface area contributed by atoms with Crippen molar-refractivity contribution in [3.8, 4) is 61.3 Å². The molecule has 1 heterocycles. The second kappa shape index (κ2) is 23.8. The van der Waals surface area contributed by atoms with Gasteiger partial charge in [-0.3, -0.25) is 0 Å². The molecule has 0 bridgehead atoms. The van der Waals surface area contributed by atoms with Crippen molar-refractivity contribution in [3.05, 3.63) is 307 Å². The molecule has 2 unspecified atom stereocenters. The Morgan fingerprint density at radius 1 is 0.442 bits per heavy atom. The van der Waals surface area contributed by atoms with Crippen LogP contribution in [0.5, 0.6) is 0 Å². The standard InChI is InChI=1S/C92H89N3/c1-15-61-21-17-19-23-78(61)65-29-43-73(44-30-65)93(75-47-35-69(36-48-75)88(3,4)5)71-39-25-63(26-40-71)67-33-51-84-80(57-67)81-59-83-82-58-68(34-52-86(82)95(87(83)60-85(81)91(84,12)13)76-49-37-70(38-50-76)89(6,7)8)64-27-41-72(42-28-64)94(77-53-55-92(14,56-54-77)90(9,10)11)74-45-31-66(32-46-74)79-24-20-18-22-62(79)16-2/h15-35,37-55,57-60,69H,1-2,36,56H2,3-14H3. The van der Waals surface area contributed by atoms with Crippen molar-refractivity contribution in [3.63, 3.8) is 0 Å². The van der Waals surface area contributed by atoms with Gasteiger partial charge in [0, 0.05) is 56.0 Å². The van der Waals surface area contributed by atoms with Gasteiger partial charge >= 0.3 is 0 Å². The lowest BCUT2D eigenvalue weighted by atomic mass is 9.64. The van der Waals surface area contributed by atoms with Crippen LogP contribution in [0.25, 0.3) is 95.3 Å². The zero-order valence-electron chi connectivity index (χ0n) is 57.7. The smallest absolute Gasteiger partial charge is 0.0544 e. The average Bonchev–Trinajstić information content (AvgIpc) is 1.55. The van der Waals surface area contributed by atoms with Gasteiger partial charge in [-0.1, -0.05) is 260 Å². The van der Waals surface area contributed by atoms with Gasteiger partial charge in [-0.2, -0.15) is 0 Å². The first kappa shape index (κ1) is 62.5. The monoisotopic (exact) mass is 1240 g/mol. The Morgan fingerprint density at radius 3 is 1.39 bits per heavy atom. The molecule has 0 spiro atoms. The fourth-order valence-electron chi connectivity index (χ4n) is 14.8. The SMILES string of the molecule is C=Cc1ccccc1-c1ccc(N(C2=CCC(C(C)(C)C)C=C2)c2ccc(-c3ccc4c(c3)-c3cc5c6cc(-c7ccc(N(C8=CCC(C)(C(C)(C)C)C=C8)c8ccc(-c9ccccc9C=C)cc8)cc7)ccc6n(-c6ccc(C(C)(C)C)cc6)c5cc3C4(C)C)cc2)cc1. The minimum absolute atomic E-state index is 0.0344. The third kappa shape index (κ3) is 11.4. The maximum atomic E-state index is 4.11. The van der Waals surface area contributed by atoms with Gasteiger partial charge in [0.1, 0.15) is 0 Å². The van der Waals surface area contributed by atoms with Crippen molar-refractivity contribution in [2.24, 2.45) is 22.2 Å². The predicted octanol–water partition coefficient (Wildman–Crippen LogP) is 26.0. The van der Waals surface area contributed by atoms with Gasteiger partial charge in [0.2, 0.25) is 0 Å². The number of anilines is 4. The summed E-state index contributed by atoms with van der Waals surface area (Å²) in [5, 5.41) is 2.48. The van der Waals surface area contributed by atoms with E-state index in [0.29, 0.717) is 5.92 Å².